The van der Waals surface area contributed by atoms with Gasteiger partial charge in [-0.05, 0) is 12.0 Å². The van der Waals surface area contributed by atoms with Crippen molar-refractivity contribution < 1.29 is 19.0 Å². The summed E-state index contributed by atoms with van der Waals surface area (Å²) in [5.74, 6) is 2.12. The zero-order chi connectivity index (χ0) is 13.8. The maximum absolute atomic E-state index is 11.7. The lowest BCUT2D eigenvalue weighted by Crippen LogP contribution is -2.01. The molecule has 1 aromatic rings. The molecule has 0 atom stereocenters. The molecule has 19 heavy (non-hydrogen) atoms. The molecule has 0 saturated carbocycles. The summed E-state index contributed by atoms with van der Waals surface area (Å²) in [6, 6.07) is 3.58. The third-order valence-electron chi connectivity index (χ3n) is 3.12. The maximum atomic E-state index is 11.7. The number of Topliss-reactive ketones (excluding diaryl/α,β-unsaturated/α-hetero) is 1. The molecule has 0 bridgehead atoms. The molecule has 0 spiro atoms. The van der Waals surface area contributed by atoms with Crippen molar-refractivity contribution in [2.75, 3.05) is 20.8 Å². The smallest absolute Gasteiger partial charge is 0.137 e. The van der Waals surface area contributed by atoms with E-state index in [1.54, 1.807) is 26.4 Å². The van der Waals surface area contributed by atoms with Gasteiger partial charge in [-0.15, -0.1) is 0 Å². The summed E-state index contributed by atoms with van der Waals surface area (Å²) in [6.45, 7) is 4.49. The monoisotopic (exact) mass is 262 g/mol. The first-order chi connectivity index (χ1) is 9.15. The van der Waals surface area contributed by atoms with Crippen LogP contribution in [-0.4, -0.2) is 26.6 Å². The minimum atomic E-state index is 0.180. The van der Waals surface area contributed by atoms with E-state index in [0.29, 0.717) is 43.1 Å². The first kappa shape index (κ1) is 13.5. The highest BCUT2D eigenvalue weighted by atomic mass is 16.5. The van der Waals surface area contributed by atoms with E-state index < -0.39 is 0 Å². The molecule has 0 aromatic heterocycles. The molecule has 4 heteroatoms. The van der Waals surface area contributed by atoms with Gasteiger partial charge in [0.1, 0.15) is 23.0 Å². The van der Waals surface area contributed by atoms with Crippen molar-refractivity contribution in [2.45, 2.75) is 19.3 Å². The van der Waals surface area contributed by atoms with Gasteiger partial charge in [-0.2, -0.15) is 0 Å². The second-order valence-corrected chi connectivity index (χ2v) is 4.47. The van der Waals surface area contributed by atoms with Crippen LogP contribution in [0.25, 0.3) is 5.57 Å². The molecule has 1 aromatic carbocycles. The molecule has 1 heterocycles. The van der Waals surface area contributed by atoms with Crippen LogP contribution in [0.1, 0.15) is 24.8 Å². The lowest BCUT2D eigenvalue weighted by atomic mass is 9.99. The highest BCUT2D eigenvalue weighted by Crippen LogP contribution is 2.40. The van der Waals surface area contributed by atoms with Gasteiger partial charge in [0.05, 0.1) is 26.4 Å². The number of allylic oxidation sites excluding steroid dienone is 1. The van der Waals surface area contributed by atoms with E-state index in [0.717, 1.165) is 11.1 Å². The zero-order valence-electron chi connectivity index (χ0n) is 11.3. The lowest BCUT2D eigenvalue weighted by molar-refractivity contribution is -0.118. The molecule has 0 unspecified atom stereocenters. The van der Waals surface area contributed by atoms with Crippen LogP contribution in [-0.2, 0) is 4.79 Å². The van der Waals surface area contributed by atoms with Crippen molar-refractivity contribution in [3.63, 3.8) is 0 Å². The Morgan fingerprint density at radius 3 is 2.74 bits per heavy atom. The zero-order valence-corrected chi connectivity index (χ0v) is 11.3. The Morgan fingerprint density at radius 2 is 2.05 bits per heavy atom. The van der Waals surface area contributed by atoms with Crippen LogP contribution in [0.4, 0.5) is 0 Å². The highest BCUT2D eigenvalue weighted by molar-refractivity contribution is 5.92. The Hall–Kier alpha value is -1.97. The summed E-state index contributed by atoms with van der Waals surface area (Å²) in [7, 11) is 3.17. The maximum Gasteiger partial charge on any atom is 0.137 e. The molecule has 0 radical (unpaired) electrons. The molecule has 2 rings (SSSR count). The first-order valence-electron chi connectivity index (χ1n) is 6.24. The van der Waals surface area contributed by atoms with Crippen LogP contribution in [0.15, 0.2) is 18.7 Å². The molecule has 1 aliphatic rings. The molecule has 1 aliphatic heterocycles. The van der Waals surface area contributed by atoms with Gasteiger partial charge in [-0.1, -0.05) is 6.58 Å². The van der Waals surface area contributed by atoms with E-state index in [1.165, 1.54) is 0 Å². The van der Waals surface area contributed by atoms with Crippen LogP contribution in [0.5, 0.6) is 17.2 Å². The fourth-order valence-corrected chi connectivity index (χ4v) is 2.17. The number of carbonyl (C=O) groups is 1. The molecule has 0 saturated heterocycles. The van der Waals surface area contributed by atoms with Gasteiger partial charge in [-0.3, -0.25) is 4.79 Å². The molecule has 102 valence electrons. The second kappa shape index (κ2) is 5.78. The average molecular weight is 262 g/mol. The molecule has 0 fully saturated rings. The Bertz CT molecular complexity index is 505. The minimum Gasteiger partial charge on any atom is -0.496 e. The quantitative estimate of drug-likeness (QED) is 0.822. The Balaban J connectivity index is 2.51. The number of ketones is 1. The van der Waals surface area contributed by atoms with Crippen LogP contribution in [0, 0.1) is 0 Å². The summed E-state index contributed by atoms with van der Waals surface area (Å²) < 4.78 is 16.3. The van der Waals surface area contributed by atoms with E-state index in [9.17, 15) is 4.79 Å². The van der Waals surface area contributed by atoms with Crippen molar-refractivity contribution in [1.29, 1.82) is 0 Å². The van der Waals surface area contributed by atoms with Crippen LogP contribution < -0.4 is 14.2 Å². The fraction of sp³-hybridized carbons (Fsp3) is 0.400. The van der Waals surface area contributed by atoms with Gasteiger partial charge in [0.15, 0.2) is 0 Å². The van der Waals surface area contributed by atoms with Crippen molar-refractivity contribution in [2.24, 2.45) is 0 Å². The van der Waals surface area contributed by atoms with Gasteiger partial charge < -0.3 is 14.2 Å². The van der Waals surface area contributed by atoms with E-state index in [1.807, 2.05) is 0 Å². The molecule has 0 aliphatic carbocycles. The number of ether oxygens (including phenoxy) is 3. The molecule has 0 N–H and O–H groups in total. The fourth-order valence-electron chi connectivity index (χ4n) is 2.17. The van der Waals surface area contributed by atoms with E-state index in [2.05, 4.69) is 6.58 Å². The average Bonchev–Trinajstić information content (AvgIpc) is 2.47. The van der Waals surface area contributed by atoms with Gasteiger partial charge in [0, 0.05) is 25.0 Å². The van der Waals surface area contributed by atoms with Crippen molar-refractivity contribution in [3.05, 3.63) is 24.3 Å². The molecule has 4 nitrogen and oxygen atoms in total. The van der Waals surface area contributed by atoms with Gasteiger partial charge in [-0.25, -0.2) is 0 Å². The predicted octanol–water partition coefficient (Wildman–Crippen LogP) is 2.85. The number of rotatable bonds is 2. The highest BCUT2D eigenvalue weighted by Gasteiger charge is 2.20. The molecular weight excluding hydrogens is 244 g/mol. The lowest BCUT2D eigenvalue weighted by Gasteiger charge is -2.16. The van der Waals surface area contributed by atoms with Gasteiger partial charge >= 0.3 is 0 Å². The summed E-state index contributed by atoms with van der Waals surface area (Å²) in [5.41, 5.74) is 1.49. The number of fused-ring (bicyclic) bond motifs is 1. The van der Waals surface area contributed by atoms with E-state index in [4.69, 9.17) is 14.2 Å². The van der Waals surface area contributed by atoms with Crippen molar-refractivity contribution >= 4 is 11.4 Å². The Morgan fingerprint density at radius 1 is 1.26 bits per heavy atom. The van der Waals surface area contributed by atoms with Gasteiger partial charge in [0.25, 0.3) is 0 Å². The third kappa shape index (κ3) is 2.89. The van der Waals surface area contributed by atoms with Crippen LogP contribution >= 0.6 is 0 Å². The second-order valence-electron chi connectivity index (χ2n) is 4.47. The predicted molar refractivity (Wildman–Crippen MR) is 72.9 cm³/mol. The number of benzene rings is 1. The number of hydrogen-bond acceptors (Lipinski definition) is 4. The summed E-state index contributed by atoms with van der Waals surface area (Å²) in [4.78, 5) is 11.7. The minimum absolute atomic E-state index is 0.180. The first-order valence-corrected chi connectivity index (χ1v) is 6.24. The summed E-state index contributed by atoms with van der Waals surface area (Å²) in [6.07, 6.45) is 1.57. The number of methoxy groups -OCH3 is 2. The standard InChI is InChI=1S/C15H18O4/c1-10-7-11(16)5-4-6-19-14-9-12(17-2)8-13(18-3)15(10)14/h8-9H,1,4-7H2,2-3H3. The Kier molecular flexibility index (Phi) is 4.10. The normalized spacial score (nSPS) is 15.7. The van der Waals surface area contributed by atoms with E-state index in [-0.39, 0.29) is 5.78 Å². The van der Waals surface area contributed by atoms with Crippen molar-refractivity contribution in [3.8, 4) is 17.2 Å². The topological polar surface area (TPSA) is 44.8 Å². The van der Waals surface area contributed by atoms with Gasteiger partial charge in [0.2, 0.25) is 0 Å². The Labute approximate surface area is 113 Å². The number of hydrogen-bond donors (Lipinski definition) is 0. The summed E-state index contributed by atoms with van der Waals surface area (Å²) in [5, 5.41) is 0. The van der Waals surface area contributed by atoms with E-state index >= 15 is 0 Å². The van der Waals surface area contributed by atoms with Crippen LogP contribution in [0.2, 0.25) is 0 Å². The van der Waals surface area contributed by atoms with Crippen molar-refractivity contribution in [1.82, 2.24) is 0 Å². The third-order valence-corrected chi connectivity index (χ3v) is 3.12. The number of carbonyl (C=O) groups excluding carboxylic acids is 1. The SMILES string of the molecule is C=C1CC(=O)CCCOc2cc(OC)cc(OC)c21. The molecular formula is C15H18O4. The largest absolute Gasteiger partial charge is 0.496 e. The molecule has 0 amide bonds. The summed E-state index contributed by atoms with van der Waals surface area (Å²) >= 11 is 0. The van der Waals surface area contributed by atoms with Crippen LogP contribution in [0.3, 0.4) is 0 Å².